The van der Waals surface area contributed by atoms with E-state index in [-0.39, 0.29) is 0 Å². The second-order valence-corrected chi connectivity index (χ2v) is 2.02. The lowest BCUT2D eigenvalue weighted by molar-refractivity contribution is 0.475. The van der Waals surface area contributed by atoms with Gasteiger partial charge >= 0.3 is 0 Å². The second kappa shape index (κ2) is 2.58. The fraction of sp³-hybridized carbons (Fsp3) is 0.143. The van der Waals surface area contributed by atoms with Gasteiger partial charge in [0.15, 0.2) is 0 Å². The monoisotopic (exact) mass is 120 g/mol. The van der Waals surface area contributed by atoms with Crippen LogP contribution in [0, 0.1) is 0 Å². The quantitative estimate of drug-likeness (QED) is 0.535. The third kappa shape index (κ3) is 1.49. The fourth-order valence-corrected chi connectivity index (χ4v) is 0.732. The van der Waals surface area contributed by atoms with Gasteiger partial charge in [-0.15, -0.1) is 0 Å². The van der Waals surface area contributed by atoms with Gasteiger partial charge in [0.1, 0.15) is 13.6 Å². The Morgan fingerprint density at radius 2 is 1.78 bits per heavy atom. The minimum atomic E-state index is 0.340. The summed E-state index contributed by atoms with van der Waals surface area (Å²) in [4.78, 5) is 0. The van der Waals surface area contributed by atoms with Crippen LogP contribution in [0.25, 0.3) is 0 Å². The summed E-state index contributed by atoms with van der Waals surface area (Å²) >= 11 is 0. The minimum absolute atomic E-state index is 0.340. The molecule has 46 valence electrons. The van der Waals surface area contributed by atoms with E-state index >= 15 is 0 Å². The van der Waals surface area contributed by atoms with Gasteiger partial charge in [-0.3, -0.25) is 0 Å². The topological polar surface area (TPSA) is 20.2 Å². The van der Waals surface area contributed by atoms with Crippen LogP contribution < -0.4 is 0 Å². The van der Waals surface area contributed by atoms with Gasteiger partial charge in [0.25, 0.3) is 0 Å². The number of benzene rings is 1. The van der Waals surface area contributed by atoms with Crippen molar-refractivity contribution in [2.24, 2.45) is 0 Å². The third-order valence-corrected chi connectivity index (χ3v) is 1.34. The first-order chi connectivity index (χ1) is 4.33. The minimum Gasteiger partial charge on any atom is -0.508 e. The Balaban J connectivity index is 2.88. The van der Waals surface area contributed by atoms with Gasteiger partial charge < -0.3 is 5.11 Å². The average Bonchev–Trinajstić information content (AvgIpc) is 1.90. The highest BCUT2D eigenvalue weighted by molar-refractivity contribution is 6.08. The molecule has 0 spiro atoms. The molecule has 0 heterocycles. The maximum Gasteiger partial charge on any atom is 0.115 e. The lowest BCUT2D eigenvalue weighted by Crippen LogP contribution is -1.79. The average molecular weight is 120 g/mol. The number of hydrogen-bond donors (Lipinski definition) is 1. The highest BCUT2D eigenvalue weighted by Gasteiger charge is 1.86. The van der Waals surface area contributed by atoms with Crippen molar-refractivity contribution >= 4 is 7.85 Å². The molecule has 1 rings (SSSR count). The summed E-state index contributed by atoms with van der Waals surface area (Å²) < 4.78 is 0. The van der Waals surface area contributed by atoms with Crippen molar-refractivity contribution < 1.29 is 5.11 Å². The Bertz CT molecular complexity index is 181. The van der Waals surface area contributed by atoms with Gasteiger partial charge in [0.05, 0.1) is 0 Å². The van der Waals surface area contributed by atoms with E-state index in [1.54, 1.807) is 12.1 Å². The fourth-order valence-electron chi connectivity index (χ4n) is 0.732. The molecule has 0 aromatic heterocycles. The van der Waals surface area contributed by atoms with Crippen molar-refractivity contribution in [3.05, 3.63) is 29.8 Å². The van der Waals surface area contributed by atoms with Crippen LogP contribution in [-0.4, -0.2) is 13.0 Å². The van der Waals surface area contributed by atoms with Crippen LogP contribution in [0.15, 0.2) is 24.3 Å². The first-order valence-corrected chi connectivity index (χ1v) is 3.11. The van der Waals surface area contributed by atoms with Crippen LogP contribution >= 0.6 is 0 Å². The van der Waals surface area contributed by atoms with Crippen LogP contribution in [0.5, 0.6) is 5.75 Å². The van der Waals surface area contributed by atoms with Crippen molar-refractivity contribution in [2.45, 2.75) is 6.32 Å². The summed E-state index contributed by atoms with van der Waals surface area (Å²) in [6.07, 6.45) is 1.03. The number of phenols is 1. The number of hydrogen-bond acceptors (Lipinski definition) is 1. The van der Waals surface area contributed by atoms with Crippen molar-refractivity contribution in [3.8, 4) is 5.75 Å². The maximum absolute atomic E-state index is 8.85. The molecule has 0 bridgehead atoms. The molecule has 2 heteroatoms. The zero-order chi connectivity index (χ0) is 6.69. The summed E-state index contributed by atoms with van der Waals surface area (Å²) in [5.41, 5.74) is 1.26. The van der Waals surface area contributed by atoms with Crippen LogP contribution in [-0.2, 0) is 6.32 Å². The van der Waals surface area contributed by atoms with E-state index in [4.69, 9.17) is 5.11 Å². The summed E-state index contributed by atoms with van der Waals surface area (Å²) in [7, 11) is 2.09. The Morgan fingerprint density at radius 1 is 1.22 bits per heavy atom. The summed E-state index contributed by atoms with van der Waals surface area (Å²) in [5.74, 6) is 0.340. The van der Waals surface area contributed by atoms with Gasteiger partial charge in [-0.25, -0.2) is 0 Å². The van der Waals surface area contributed by atoms with Crippen molar-refractivity contribution in [1.29, 1.82) is 0 Å². The second-order valence-electron chi connectivity index (χ2n) is 2.02. The molecule has 0 aliphatic rings. The molecule has 0 saturated heterocycles. The lowest BCUT2D eigenvalue weighted by atomic mass is 9.97. The van der Waals surface area contributed by atoms with E-state index in [1.165, 1.54) is 5.56 Å². The van der Waals surface area contributed by atoms with Gasteiger partial charge in [-0.05, 0) is 12.1 Å². The van der Waals surface area contributed by atoms with Crippen LogP contribution in [0.1, 0.15) is 5.56 Å². The van der Waals surface area contributed by atoms with E-state index < -0.39 is 0 Å². The molecule has 1 aromatic rings. The summed E-state index contributed by atoms with van der Waals surface area (Å²) in [5, 5.41) is 8.85. The molecule has 0 fully saturated rings. The first kappa shape index (κ1) is 6.21. The molecule has 0 radical (unpaired) electrons. The number of rotatable bonds is 1. The van der Waals surface area contributed by atoms with E-state index in [0.29, 0.717) is 5.75 Å². The maximum atomic E-state index is 8.85. The van der Waals surface area contributed by atoms with Crippen LogP contribution in [0.4, 0.5) is 0 Å². The smallest absolute Gasteiger partial charge is 0.115 e. The lowest BCUT2D eigenvalue weighted by Gasteiger charge is -1.93. The van der Waals surface area contributed by atoms with Gasteiger partial charge in [0.2, 0.25) is 0 Å². The molecule has 0 amide bonds. The Kier molecular flexibility index (Phi) is 1.78. The van der Waals surface area contributed by atoms with Crippen LogP contribution in [0.2, 0.25) is 0 Å². The molecule has 0 aliphatic carbocycles. The van der Waals surface area contributed by atoms with Gasteiger partial charge in [0, 0.05) is 0 Å². The zero-order valence-corrected chi connectivity index (χ0v) is 5.46. The van der Waals surface area contributed by atoms with E-state index in [1.807, 2.05) is 12.1 Å². The molecule has 1 nitrogen and oxygen atoms in total. The summed E-state index contributed by atoms with van der Waals surface area (Å²) in [6, 6.07) is 7.27. The molecule has 1 N–H and O–H groups in total. The normalized spacial score (nSPS) is 9.33. The molecule has 0 unspecified atom stereocenters. The van der Waals surface area contributed by atoms with Crippen molar-refractivity contribution in [1.82, 2.24) is 0 Å². The molecule has 0 atom stereocenters. The molecular weight excluding hydrogens is 111 g/mol. The van der Waals surface area contributed by atoms with Crippen molar-refractivity contribution in [2.75, 3.05) is 0 Å². The van der Waals surface area contributed by atoms with E-state index in [9.17, 15) is 0 Å². The molecule has 0 aliphatic heterocycles. The molecule has 9 heavy (non-hydrogen) atoms. The van der Waals surface area contributed by atoms with E-state index in [2.05, 4.69) is 7.85 Å². The highest BCUT2D eigenvalue weighted by atomic mass is 16.3. The Hall–Kier alpha value is -0.915. The van der Waals surface area contributed by atoms with Crippen molar-refractivity contribution in [3.63, 3.8) is 0 Å². The highest BCUT2D eigenvalue weighted by Crippen LogP contribution is 2.08. The summed E-state index contributed by atoms with van der Waals surface area (Å²) in [6.45, 7) is 0. The Labute approximate surface area is 55.7 Å². The predicted octanol–water partition coefficient (Wildman–Crippen LogP) is 0.525. The molecule has 1 aromatic carbocycles. The van der Waals surface area contributed by atoms with Gasteiger partial charge in [-0.2, -0.15) is 0 Å². The standard InChI is InChI=1S/C7H9BO/c8-5-6-1-3-7(9)4-2-6/h1-4,9H,5,8H2. The van der Waals surface area contributed by atoms with Gasteiger partial charge in [-0.1, -0.05) is 24.0 Å². The number of phenolic OH excluding ortho intramolecular Hbond substituents is 1. The number of aromatic hydroxyl groups is 1. The Morgan fingerprint density at radius 3 is 2.22 bits per heavy atom. The largest absolute Gasteiger partial charge is 0.508 e. The first-order valence-electron chi connectivity index (χ1n) is 3.11. The van der Waals surface area contributed by atoms with Crippen LogP contribution in [0.3, 0.4) is 0 Å². The van der Waals surface area contributed by atoms with E-state index in [0.717, 1.165) is 6.32 Å². The third-order valence-electron chi connectivity index (χ3n) is 1.34. The zero-order valence-electron chi connectivity index (χ0n) is 5.46. The molecular formula is C7H9BO. The SMILES string of the molecule is BCc1ccc(O)cc1. The molecule has 0 saturated carbocycles. The predicted molar refractivity (Wildman–Crippen MR) is 40.4 cm³/mol.